The predicted molar refractivity (Wildman–Crippen MR) is 101 cm³/mol. The van der Waals surface area contributed by atoms with Crippen molar-refractivity contribution in [3.8, 4) is 11.5 Å². The molecule has 140 valence electrons. The van der Waals surface area contributed by atoms with Crippen molar-refractivity contribution in [3.05, 3.63) is 52.8 Å². The minimum Gasteiger partial charge on any atom is -0.495 e. The molecule has 1 N–H and O–H groups in total. The first-order chi connectivity index (χ1) is 12.3. The van der Waals surface area contributed by atoms with Crippen molar-refractivity contribution in [1.82, 2.24) is 4.90 Å². The van der Waals surface area contributed by atoms with Crippen LogP contribution < -0.4 is 14.8 Å². The SMILES string of the molecule is COc1ccc(CN(C)[C@H](C)C(=O)Nc2cc(Cl)ccc2OC)cc1F. The van der Waals surface area contributed by atoms with Gasteiger partial charge in [0.25, 0.3) is 0 Å². The first-order valence-electron chi connectivity index (χ1n) is 8.02. The van der Waals surface area contributed by atoms with Gasteiger partial charge in [-0.2, -0.15) is 0 Å². The van der Waals surface area contributed by atoms with Crippen LogP contribution in [0.1, 0.15) is 12.5 Å². The van der Waals surface area contributed by atoms with Crippen molar-refractivity contribution in [2.75, 3.05) is 26.6 Å². The zero-order valence-corrected chi connectivity index (χ0v) is 15.9. The van der Waals surface area contributed by atoms with E-state index in [-0.39, 0.29) is 11.7 Å². The van der Waals surface area contributed by atoms with Crippen LogP contribution >= 0.6 is 11.6 Å². The molecule has 2 aromatic carbocycles. The van der Waals surface area contributed by atoms with Gasteiger partial charge < -0.3 is 14.8 Å². The first kappa shape index (κ1) is 20.0. The van der Waals surface area contributed by atoms with Crippen LogP contribution in [0, 0.1) is 5.82 Å². The number of hydrogen-bond acceptors (Lipinski definition) is 4. The Morgan fingerprint density at radius 1 is 1.19 bits per heavy atom. The van der Waals surface area contributed by atoms with E-state index in [0.29, 0.717) is 23.0 Å². The van der Waals surface area contributed by atoms with E-state index >= 15 is 0 Å². The van der Waals surface area contributed by atoms with Gasteiger partial charge >= 0.3 is 0 Å². The Hall–Kier alpha value is -2.31. The summed E-state index contributed by atoms with van der Waals surface area (Å²) in [7, 11) is 4.73. The third kappa shape index (κ3) is 4.86. The van der Waals surface area contributed by atoms with Gasteiger partial charge in [0, 0.05) is 11.6 Å². The lowest BCUT2D eigenvalue weighted by Gasteiger charge is -2.24. The summed E-state index contributed by atoms with van der Waals surface area (Å²) in [5.41, 5.74) is 1.24. The summed E-state index contributed by atoms with van der Waals surface area (Å²) in [5.74, 6) is 0.0614. The Labute approximate surface area is 157 Å². The van der Waals surface area contributed by atoms with E-state index in [4.69, 9.17) is 21.1 Å². The highest BCUT2D eigenvalue weighted by Gasteiger charge is 2.20. The van der Waals surface area contributed by atoms with Gasteiger partial charge in [0.15, 0.2) is 11.6 Å². The van der Waals surface area contributed by atoms with E-state index < -0.39 is 11.9 Å². The van der Waals surface area contributed by atoms with Crippen LogP contribution in [0.3, 0.4) is 0 Å². The lowest BCUT2D eigenvalue weighted by Crippen LogP contribution is -2.39. The monoisotopic (exact) mass is 380 g/mol. The predicted octanol–water partition coefficient (Wildman–Crippen LogP) is 3.96. The number of halogens is 2. The van der Waals surface area contributed by atoms with Gasteiger partial charge in [-0.25, -0.2) is 4.39 Å². The van der Waals surface area contributed by atoms with Crippen molar-refractivity contribution in [2.45, 2.75) is 19.5 Å². The number of likely N-dealkylation sites (N-methyl/N-ethyl adjacent to an activating group) is 1. The van der Waals surface area contributed by atoms with Crippen LogP contribution in [-0.4, -0.2) is 38.1 Å². The molecule has 0 aliphatic heterocycles. The molecule has 2 aromatic rings. The Balaban J connectivity index is 2.05. The number of methoxy groups -OCH3 is 2. The van der Waals surface area contributed by atoms with Crippen LogP contribution in [0.2, 0.25) is 5.02 Å². The maximum Gasteiger partial charge on any atom is 0.241 e. The average molecular weight is 381 g/mol. The molecular weight excluding hydrogens is 359 g/mol. The molecule has 1 atom stereocenters. The molecule has 0 aromatic heterocycles. The molecule has 0 aliphatic carbocycles. The maximum absolute atomic E-state index is 13.8. The van der Waals surface area contributed by atoms with Crippen molar-refractivity contribution < 1.29 is 18.7 Å². The first-order valence-corrected chi connectivity index (χ1v) is 8.40. The minimum absolute atomic E-state index is 0.190. The summed E-state index contributed by atoms with van der Waals surface area (Å²) in [6.07, 6.45) is 0. The molecule has 0 bridgehead atoms. The Morgan fingerprint density at radius 3 is 2.46 bits per heavy atom. The average Bonchev–Trinajstić information content (AvgIpc) is 2.61. The molecule has 1 amide bonds. The summed E-state index contributed by atoms with van der Waals surface area (Å²) in [6.45, 7) is 2.18. The lowest BCUT2D eigenvalue weighted by molar-refractivity contribution is -0.120. The van der Waals surface area contributed by atoms with Crippen LogP contribution in [0.4, 0.5) is 10.1 Å². The molecule has 0 aliphatic rings. The molecule has 0 heterocycles. The summed E-state index contributed by atoms with van der Waals surface area (Å²) in [5, 5.41) is 3.31. The third-order valence-corrected chi connectivity index (χ3v) is 4.34. The fraction of sp³-hybridized carbons (Fsp3) is 0.316. The van der Waals surface area contributed by atoms with Gasteiger partial charge in [0.2, 0.25) is 5.91 Å². The quantitative estimate of drug-likeness (QED) is 0.790. The van der Waals surface area contributed by atoms with E-state index in [1.54, 1.807) is 44.3 Å². The molecule has 0 saturated carbocycles. The van der Waals surface area contributed by atoms with Crippen molar-refractivity contribution in [1.29, 1.82) is 0 Å². The van der Waals surface area contributed by atoms with Crippen LogP contribution in [0.15, 0.2) is 36.4 Å². The summed E-state index contributed by atoms with van der Waals surface area (Å²) < 4.78 is 24.0. The second-order valence-electron chi connectivity index (χ2n) is 5.89. The maximum atomic E-state index is 13.8. The molecule has 0 unspecified atom stereocenters. The molecule has 0 spiro atoms. The number of ether oxygens (including phenoxy) is 2. The standard InChI is InChI=1S/C19H22ClFN2O3/c1-12(19(24)22-16-10-14(20)6-8-18(16)26-4)23(2)11-13-5-7-17(25-3)15(21)9-13/h5-10,12H,11H2,1-4H3,(H,22,24)/t12-/m1/s1. The van der Waals surface area contributed by atoms with E-state index in [1.165, 1.54) is 20.3 Å². The second kappa shape index (κ2) is 8.87. The second-order valence-corrected chi connectivity index (χ2v) is 6.33. The minimum atomic E-state index is -0.455. The molecule has 0 radical (unpaired) electrons. The number of anilines is 1. The zero-order valence-electron chi connectivity index (χ0n) is 15.2. The molecular formula is C19H22ClFN2O3. The van der Waals surface area contributed by atoms with Crippen molar-refractivity contribution in [2.24, 2.45) is 0 Å². The number of amides is 1. The summed E-state index contributed by atoms with van der Waals surface area (Å²) >= 11 is 5.98. The zero-order chi connectivity index (χ0) is 19.3. The summed E-state index contributed by atoms with van der Waals surface area (Å²) in [6, 6.07) is 9.28. The Bertz CT molecular complexity index is 785. The highest BCUT2D eigenvalue weighted by atomic mass is 35.5. The van der Waals surface area contributed by atoms with E-state index in [0.717, 1.165) is 5.56 Å². The van der Waals surface area contributed by atoms with E-state index in [1.807, 2.05) is 4.90 Å². The summed E-state index contributed by atoms with van der Waals surface area (Å²) in [4.78, 5) is 14.4. The van der Waals surface area contributed by atoms with Gasteiger partial charge in [0.05, 0.1) is 25.9 Å². The van der Waals surface area contributed by atoms with Crippen LogP contribution in [0.5, 0.6) is 11.5 Å². The molecule has 0 saturated heterocycles. The number of carbonyl (C=O) groups is 1. The highest BCUT2D eigenvalue weighted by Crippen LogP contribution is 2.28. The van der Waals surface area contributed by atoms with E-state index in [2.05, 4.69) is 5.32 Å². The Kier molecular flexibility index (Phi) is 6.83. The van der Waals surface area contributed by atoms with Crippen molar-refractivity contribution in [3.63, 3.8) is 0 Å². The van der Waals surface area contributed by atoms with Gasteiger partial charge in [-0.05, 0) is 49.9 Å². The van der Waals surface area contributed by atoms with Crippen molar-refractivity contribution >= 4 is 23.2 Å². The van der Waals surface area contributed by atoms with Gasteiger partial charge in [-0.15, -0.1) is 0 Å². The highest BCUT2D eigenvalue weighted by molar-refractivity contribution is 6.31. The number of nitrogens with one attached hydrogen (secondary N) is 1. The van der Waals surface area contributed by atoms with Gasteiger partial charge in [-0.3, -0.25) is 9.69 Å². The lowest BCUT2D eigenvalue weighted by atomic mass is 10.1. The van der Waals surface area contributed by atoms with E-state index in [9.17, 15) is 9.18 Å². The number of carbonyl (C=O) groups excluding carboxylic acids is 1. The topological polar surface area (TPSA) is 50.8 Å². The number of rotatable bonds is 7. The van der Waals surface area contributed by atoms with Gasteiger partial charge in [-0.1, -0.05) is 17.7 Å². The molecule has 26 heavy (non-hydrogen) atoms. The molecule has 2 rings (SSSR count). The largest absolute Gasteiger partial charge is 0.495 e. The third-order valence-electron chi connectivity index (χ3n) is 4.11. The van der Waals surface area contributed by atoms with Crippen LogP contribution in [-0.2, 0) is 11.3 Å². The fourth-order valence-electron chi connectivity index (χ4n) is 2.45. The normalized spacial score (nSPS) is 12.0. The Morgan fingerprint density at radius 2 is 1.85 bits per heavy atom. The molecule has 0 fully saturated rings. The number of hydrogen-bond donors (Lipinski definition) is 1. The smallest absolute Gasteiger partial charge is 0.241 e. The van der Waals surface area contributed by atoms with Crippen LogP contribution in [0.25, 0.3) is 0 Å². The number of benzene rings is 2. The van der Waals surface area contributed by atoms with Gasteiger partial charge in [0.1, 0.15) is 5.75 Å². The number of nitrogens with zero attached hydrogens (tertiary/aromatic N) is 1. The molecule has 7 heteroatoms. The fourth-order valence-corrected chi connectivity index (χ4v) is 2.62. The molecule has 5 nitrogen and oxygen atoms in total.